The molecule has 94 valence electrons. The molecular weight excluding hydrogens is 308 g/mol. The molecule has 0 aliphatic carbocycles. The van der Waals surface area contributed by atoms with Crippen molar-refractivity contribution in [1.82, 2.24) is 0 Å². The van der Waals surface area contributed by atoms with Gasteiger partial charge in [-0.05, 0) is 30.3 Å². The Bertz CT molecular complexity index is 769. The predicted octanol–water partition coefficient (Wildman–Crippen LogP) is 1.61. The van der Waals surface area contributed by atoms with Crippen LogP contribution in [-0.4, -0.2) is 11.1 Å². The number of hydrogen-bond acceptors (Lipinski definition) is 3. The highest BCUT2D eigenvalue weighted by molar-refractivity contribution is 9.10. The Morgan fingerprint density at radius 1 is 1.05 bits per heavy atom. The molecule has 0 saturated heterocycles. The number of para-hydroxylation sites is 1. The minimum atomic E-state index is -0.438. The largest absolute Gasteiger partial charge is 0.297 e. The highest BCUT2D eigenvalue weighted by Gasteiger charge is 2.22. The van der Waals surface area contributed by atoms with Crippen molar-refractivity contribution < 1.29 is 10.0 Å². The molecule has 19 heavy (non-hydrogen) atoms. The van der Waals surface area contributed by atoms with Crippen LogP contribution in [0.4, 0.5) is 5.69 Å². The highest BCUT2D eigenvalue weighted by atomic mass is 79.9. The summed E-state index contributed by atoms with van der Waals surface area (Å²) >= 11 is 3.32. The summed E-state index contributed by atoms with van der Waals surface area (Å²) < 4.78 is 0.900. The van der Waals surface area contributed by atoms with E-state index in [-0.39, 0.29) is 5.70 Å². The van der Waals surface area contributed by atoms with Gasteiger partial charge in [-0.1, -0.05) is 34.1 Å². The Morgan fingerprint density at radius 2 is 1.74 bits per heavy atom. The quantitative estimate of drug-likeness (QED) is 0.856. The Balaban J connectivity index is 2.15. The van der Waals surface area contributed by atoms with Crippen molar-refractivity contribution in [3.05, 3.63) is 63.6 Å². The first-order valence-corrected chi connectivity index (χ1v) is 6.43. The molecule has 0 atom stereocenters. The zero-order valence-electron chi connectivity index (χ0n) is 9.75. The van der Waals surface area contributed by atoms with E-state index in [2.05, 4.69) is 20.9 Å². The molecule has 0 radical (unpaired) electrons. The van der Waals surface area contributed by atoms with Crippen LogP contribution in [0.15, 0.2) is 58.0 Å². The molecule has 0 spiro atoms. The van der Waals surface area contributed by atoms with Crippen molar-refractivity contribution in [3.8, 4) is 0 Å². The molecule has 0 saturated carbocycles. The molecule has 1 amide bonds. The highest BCUT2D eigenvalue weighted by Crippen LogP contribution is 2.21. The molecule has 0 bridgehead atoms. The molecule has 1 N–H and O–H groups in total. The number of carbonyl (C=O) groups is 1. The lowest BCUT2D eigenvalue weighted by atomic mass is 10.2. The van der Waals surface area contributed by atoms with Gasteiger partial charge in [0.2, 0.25) is 0 Å². The topological polar surface area (TPSA) is 52.9 Å². The Hall–Kier alpha value is -1.98. The second kappa shape index (κ2) is 4.60. The van der Waals surface area contributed by atoms with Crippen LogP contribution < -0.4 is 15.6 Å². The summed E-state index contributed by atoms with van der Waals surface area (Å²) in [6, 6.07) is 14.1. The third-order valence-electron chi connectivity index (χ3n) is 2.87. The van der Waals surface area contributed by atoms with Crippen LogP contribution >= 0.6 is 15.9 Å². The van der Waals surface area contributed by atoms with Crippen LogP contribution in [0.1, 0.15) is 0 Å². The number of rotatable bonds is 2. The van der Waals surface area contributed by atoms with Gasteiger partial charge in [0.15, 0.2) is 0 Å². The van der Waals surface area contributed by atoms with Crippen molar-refractivity contribution in [3.63, 3.8) is 0 Å². The van der Waals surface area contributed by atoms with Crippen LogP contribution in [0.3, 0.4) is 0 Å². The lowest BCUT2D eigenvalue weighted by Crippen LogP contribution is -2.30. The molecule has 1 aliphatic heterocycles. The Kier molecular flexibility index (Phi) is 2.93. The van der Waals surface area contributed by atoms with E-state index < -0.39 is 5.91 Å². The van der Waals surface area contributed by atoms with Gasteiger partial charge in [0.05, 0.1) is 11.0 Å². The van der Waals surface area contributed by atoms with Crippen LogP contribution in [0.25, 0.3) is 5.70 Å². The van der Waals surface area contributed by atoms with Crippen LogP contribution in [0.2, 0.25) is 0 Å². The maximum Gasteiger partial charge on any atom is 0.297 e. The van der Waals surface area contributed by atoms with Crippen molar-refractivity contribution in [2.75, 3.05) is 5.06 Å². The van der Waals surface area contributed by atoms with E-state index in [1.54, 1.807) is 42.5 Å². The number of halogens is 1. The fourth-order valence-corrected chi connectivity index (χ4v) is 2.23. The second-order valence-corrected chi connectivity index (χ2v) is 4.99. The van der Waals surface area contributed by atoms with E-state index >= 15 is 0 Å². The lowest BCUT2D eigenvalue weighted by molar-refractivity contribution is -0.113. The van der Waals surface area contributed by atoms with Gasteiger partial charge in [0.1, 0.15) is 5.70 Å². The van der Waals surface area contributed by atoms with Gasteiger partial charge in [-0.3, -0.25) is 10.0 Å². The third kappa shape index (κ3) is 2.07. The Labute approximate surface area is 117 Å². The van der Waals surface area contributed by atoms with E-state index in [1.165, 1.54) is 0 Å². The number of hydrogen-bond donors (Lipinski definition) is 1. The molecule has 3 rings (SSSR count). The third-order valence-corrected chi connectivity index (χ3v) is 3.40. The fraction of sp³-hybridized carbons (Fsp3) is 0. The van der Waals surface area contributed by atoms with E-state index in [0.29, 0.717) is 16.3 Å². The number of benzene rings is 2. The number of carbonyl (C=O) groups excluding carboxylic acids is 1. The van der Waals surface area contributed by atoms with Gasteiger partial charge in [0.25, 0.3) is 5.91 Å². The normalized spacial score (nSPS) is 13.2. The first kappa shape index (κ1) is 12.1. The summed E-state index contributed by atoms with van der Waals surface area (Å²) in [4.78, 5) is 15.8. The monoisotopic (exact) mass is 316 g/mol. The molecular formula is C14H9BrN2O2. The summed E-state index contributed by atoms with van der Waals surface area (Å²) in [5, 5.41) is 12.3. The summed E-state index contributed by atoms with van der Waals surface area (Å²) in [7, 11) is 0. The fourth-order valence-electron chi connectivity index (χ4n) is 1.97. The number of fused-ring (bicyclic) bond motifs is 1. The van der Waals surface area contributed by atoms with Crippen molar-refractivity contribution in [2.24, 2.45) is 4.99 Å². The first-order chi connectivity index (χ1) is 9.16. The van der Waals surface area contributed by atoms with E-state index in [4.69, 9.17) is 0 Å². The molecule has 5 heteroatoms. The van der Waals surface area contributed by atoms with Crippen LogP contribution in [-0.2, 0) is 4.79 Å². The lowest BCUT2D eigenvalue weighted by Gasteiger charge is -2.16. The zero-order valence-corrected chi connectivity index (χ0v) is 11.3. The SMILES string of the molecule is O=C1N=c2ccccc2=C1N(O)c1ccc(Br)cc1. The van der Waals surface area contributed by atoms with Crippen molar-refractivity contribution >= 4 is 33.2 Å². The van der Waals surface area contributed by atoms with Crippen molar-refractivity contribution in [1.29, 1.82) is 0 Å². The van der Waals surface area contributed by atoms with E-state index in [1.807, 2.05) is 6.07 Å². The van der Waals surface area contributed by atoms with Gasteiger partial charge in [-0.15, -0.1) is 0 Å². The molecule has 4 nitrogen and oxygen atoms in total. The van der Waals surface area contributed by atoms with Crippen LogP contribution in [0.5, 0.6) is 0 Å². The molecule has 0 fully saturated rings. The van der Waals surface area contributed by atoms with Gasteiger partial charge >= 0.3 is 0 Å². The summed E-state index contributed by atoms with van der Waals surface area (Å²) in [5.74, 6) is -0.438. The molecule has 1 aliphatic rings. The van der Waals surface area contributed by atoms with Gasteiger partial charge < -0.3 is 0 Å². The molecule has 0 aromatic heterocycles. The van der Waals surface area contributed by atoms with Crippen molar-refractivity contribution in [2.45, 2.75) is 0 Å². The second-order valence-electron chi connectivity index (χ2n) is 4.07. The average Bonchev–Trinajstić information content (AvgIpc) is 2.74. The number of amides is 1. The number of nitrogens with zero attached hydrogens (tertiary/aromatic N) is 2. The standard InChI is InChI=1S/C14H9BrN2O2/c15-9-5-7-10(8-6-9)17(19)13-11-3-1-2-4-12(11)16-14(13)18/h1-8,19H. The molecule has 0 unspecified atom stereocenters. The van der Waals surface area contributed by atoms with Gasteiger partial charge in [0, 0.05) is 9.69 Å². The van der Waals surface area contributed by atoms with Gasteiger partial charge in [-0.2, -0.15) is 0 Å². The molecule has 1 heterocycles. The minimum Gasteiger partial charge on any atom is -0.283 e. The minimum absolute atomic E-state index is 0.179. The zero-order chi connectivity index (χ0) is 13.4. The van der Waals surface area contributed by atoms with Crippen LogP contribution in [0, 0.1) is 0 Å². The van der Waals surface area contributed by atoms with E-state index in [9.17, 15) is 10.0 Å². The smallest absolute Gasteiger partial charge is 0.283 e. The maximum absolute atomic E-state index is 11.9. The number of anilines is 1. The Morgan fingerprint density at radius 3 is 2.47 bits per heavy atom. The predicted molar refractivity (Wildman–Crippen MR) is 74.0 cm³/mol. The summed E-state index contributed by atoms with van der Waals surface area (Å²) in [6.45, 7) is 0. The maximum atomic E-state index is 11.9. The number of hydroxylamine groups is 1. The molecule has 2 aromatic carbocycles. The summed E-state index contributed by atoms with van der Waals surface area (Å²) in [6.07, 6.45) is 0. The molecule has 2 aromatic rings. The van der Waals surface area contributed by atoms with E-state index in [0.717, 1.165) is 9.54 Å². The van der Waals surface area contributed by atoms with Gasteiger partial charge in [-0.25, -0.2) is 10.1 Å². The first-order valence-electron chi connectivity index (χ1n) is 5.64. The summed E-state index contributed by atoms with van der Waals surface area (Å²) in [5.41, 5.74) is 0.691. The average molecular weight is 317 g/mol.